The molecular formula is C17H23N. The van der Waals surface area contributed by atoms with E-state index in [2.05, 4.69) is 62.9 Å². The van der Waals surface area contributed by atoms with Crippen molar-refractivity contribution < 1.29 is 0 Å². The molecule has 18 heavy (non-hydrogen) atoms. The third-order valence-corrected chi connectivity index (χ3v) is 3.42. The molecule has 0 heterocycles. The van der Waals surface area contributed by atoms with Crippen LogP contribution >= 0.6 is 0 Å². The fourth-order valence-corrected chi connectivity index (χ4v) is 2.36. The third-order valence-electron chi connectivity index (χ3n) is 3.42. The van der Waals surface area contributed by atoms with Gasteiger partial charge in [-0.05, 0) is 44.6 Å². The second-order valence-corrected chi connectivity index (χ2v) is 6.34. The first-order chi connectivity index (χ1) is 8.47. The van der Waals surface area contributed by atoms with Crippen LogP contribution in [-0.4, -0.2) is 6.04 Å². The van der Waals surface area contributed by atoms with Crippen LogP contribution in [-0.2, 0) is 0 Å². The zero-order chi connectivity index (χ0) is 13.2. The summed E-state index contributed by atoms with van der Waals surface area (Å²) >= 11 is 0. The zero-order valence-corrected chi connectivity index (χ0v) is 11.6. The van der Waals surface area contributed by atoms with Gasteiger partial charge >= 0.3 is 0 Å². The molecule has 0 spiro atoms. The third kappa shape index (κ3) is 3.62. The Kier molecular flexibility index (Phi) is 3.78. The van der Waals surface area contributed by atoms with Gasteiger partial charge < -0.3 is 5.73 Å². The number of benzene rings is 1. The van der Waals surface area contributed by atoms with Gasteiger partial charge in [-0.15, -0.1) is 5.92 Å². The van der Waals surface area contributed by atoms with Crippen molar-refractivity contribution in [2.75, 3.05) is 0 Å². The Hall–Kier alpha value is -1.26. The molecule has 1 aromatic carbocycles. The molecule has 3 unspecified atom stereocenters. The quantitative estimate of drug-likeness (QED) is 0.805. The maximum atomic E-state index is 6.23. The van der Waals surface area contributed by atoms with Crippen LogP contribution in [0.1, 0.15) is 45.1 Å². The molecule has 1 heteroatoms. The van der Waals surface area contributed by atoms with E-state index in [9.17, 15) is 0 Å². The zero-order valence-electron chi connectivity index (χ0n) is 11.6. The lowest BCUT2D eigenvalue weighted by atomic mass is 9.97. The summed E-state index contributed by atoms with van der Waals surface area (Å²) in [7, 11) is 0. The van der Waals surface area contributed by atoms with Crippen LogP contribution in [0, 0.1) is 23.2 Å². The van der Waals surface area contributed by atoms with Crippen molar-refractivity contribution >= 4 is 0 Å². The van der Waals surface area contributed by atoms with Gasteiger partial charge in [0, 0.05) is 17.9 Å². The highest BCUT2D eigenvalue weighted by Gasteiger charge is 2.41. The highest BCUT2D eigenvalue weighted by Crippen LogP contribution is 2.49. The maximum absolute atomic E-state index is 6.23. The molecule has 0 bridgehead atoms. The molecule has 1 saturated carbocycles. The van der Waals surface area contributed by atoms with Gasteiger partial charge in [0.05, 0.1) is 0 Å². The Morgan fingerprint density at radius 1 is 1.28 bits per heavy atom. The Morgan fingerprint density at radius 2 is 1.94 bits per heavy atom. The normalized spacial score (nSPS) is 24.0. The van der Waals surface area contributed by atoms with Gasteiger partial charge in [-0.1, -0.05) is 36.3 Å². The Balaban J connectivity index is 1.86. The van der Waals surface area contributed by atoms with Gasteiger partial charge in [-0.3, -0.25) is 0 Å². The summed E-state index contributed by atoms with van der Waals surface area (Å²) in [5.74, 6) is 7.79. The fraction of sp³-hybridized carbons (Fsp3) is 0.529. The van der Waals surface area contributed by atoms with E-state index in [1.165, 1.54) is 12.0 Å². The van der Waals surface area contributed by atoms with Crippen molar-refractivity contribution in [3.63, 3.8) is 0 Å². The van der Waals surface area contributed by atoms with E-state index >= 15 is 0 Å². The summed E-state index contributed by atoms with van der Waals surface area (Å²) in [5, 5.41) is 0. The van der Waals surface area contributed by atoms with E-state index in [1.54, 1.807) is 0 Å². The highest BCUT2D eigenvalue weighted by molar-refractivity contribution is 5.27. The average Bonchev–Trinajstić information content (AvgIpc) is 3.08. The van der Waals surface area contributed by atoms with Gasteiger partial charge in [0.1, 0.15) is 0 Å². The van der Waals surface area contributed by atoms with Crippen LogP contribution in [0.4, 0.5) is 0 Å². The van der Waals surface area contributed by atoms with E-state index in [1.807, 2.05) is 0 Å². The minimum absolute atomic E-state index is 0.0854. The van der Waals surface area contributed by atoms with Crippen molar-refractivity contribution in [3.8, 4) is 11.8 Å². The summed E-state index contributed by atoms with van der Waals surface area (Å²) in [6, 6.07) is 10.9. The summed E-state index contributed by atoms with van der Waals surface area (Å²) in [6.07, 6.45) is 2.05. The summed E-state index contributed by atoms with van der Waals surface area (Å²) in [4.78, 5) is 0. The molecule has 0 amide bonds. The Labute approximate surface area is 111 Å². The van der Waals surface area contributed by atoms with Crippen LogP contribution in [0.15, 0.2) is 30.3 Å². The van der Waals surface area contributed by atoms with Crippen LogP contribution in [0.5, 0.6) is 0 Å². The molecule has 0 saturated heterocycles. The van der Waals surface area contributed by atoms with Gasteiger partial charge in [0.2, 0.25) is 0 Å². The molecule has 1 aromatic rings. The predicted molar refractivity (Wildman–Crippen MR) is 77.1 cm³/mol. The minimum Gasteiger partial charge on any atom is -0.327 e. The standard InChI is InChI=1S/C17H23N/c1-17(2,3)11-7-10-16(18)15-12-14(15)13-8-5-4-6-9-13/h4-6,8-9,14-16H,10,12,18H2,1-3H3. The van der Waals surface area contributed by atoms with E-state index in [-0.39, 0.29) is 11.5 Å². The molecule has 1 aliphatic carbocycles. The van der Waals surface area contributed by atoms with Crippen LogP contribution in [0.2, 0.25) is 0 Å². The molecule has 1 aliphatic rings. The number of hydrogen-bond donors (Lipinski definition) is 1. The number of rotatable bonds is 3. The van der Waals surface area contributed by atoms with Gasteiger partial charge in [-0.2, -0.15) is 0 Å². The second kappa shape index (κ2) is 5.16. The molecular weight excluding hydrogens is 218 g/mol. The maximum Gasteiger partial charge on any atom is 0.0244 e. The molecule has 0 aromatic heterocycles. The molecule has 0 aliphatic heterocycles. The topological polar surface area (TPSA) is 26.0 Å². The summed E-state index contributed by atoms with van der Waals surface area (Å²) in [6.45, 7) is 6.40. The Morgan fingerprint density at radius 3 is 2.56 bits per heavy atom. The number of nitrogens with two attached hydrogens (primary N) is 1. The largest absolute Gasteiger partial charge is 0.327 e. The first kappa shape index (κ1) is 13.2. The molecule has 2 N–H and O–H groups in total. The first-order valence-corrected chi connectivity index (χ1v) is 6.78. The van der Waals surface area contributed by atoms with E-state index < -0.39 is 0 Å². The van der Waals surface area contributed by atoms with Crippen LogP contribution in [0.25, 0.3) is 0 Å². The van der Waals surface area contributed by atoms with Crippen molar-refractivity contribution in [2.45, 2.75) is 45.6 Å². The van der Waals surface area contributed by atoms with Crippen LogP contribution in [0.3, 0.4) is 0 Å². The highest BCUT2D eigenvalue weighted by atomic mass is 14.7. The van der Waals surface area contributed by atoms with Gasteiger partial charge in [0.15, 0.2) is 0 Å². The van der Waals surface area contributed by atoms with Gasteiger partial charge in [0.25, 0.3) is 0 Å². The average molecular weight is 241 g/mol. The molecule has 96 valence electrons. The lowest BCUT2D eigenvalue weighted by Crippen LogP contribution is -2.22. The van der Waals surface area contributed by atoms with E-state index in [0.717, 1.165) is 6.42 Å². The van der Waals surface area contributed by atoms with E-state index in [4.69, 9.17) is 5.73 Å². The summed E-state index contributed by atoms with van der Waals surface area (Å²) < 4.78 is 0. The molecule has 1 nitrogen and oxygen atoms in total. The lowest BCUT2D eigenvalue weighted by Gasteiger charge is -2.09. The molecule has 1 fully saturated rings. The SMILES string of the molecule is CC(C)(C)C#CCC(N)C1CC1c1ccccc1. The summed E-state index contributed by atoms with van der Waals surface area (Å²) in [5.41, 5.74) is 7.75. The molecule has 2 rings (SSSR count). The monoisotopic (exact) mass is 241 g/mol. The molecule has 3 atom stereocenters. The lowest BCUT2D eigenvalue weighted by molar-refractivity contribution is 0.564. The van der Waals surface area contributed by atoms with Crippen molar-refractivity contribution in [2.24, 2.45) is 17.1 Å². The molecule has 0 radical (unpaired) electrons. The smallest absolute Gasteiger partial charge is 0.0244 e. The number of hydrogen-bond acceptors (Lipinski definition) is 1. The van der Waals surface area contributed by atoms with Crippen molar-refractivity contribution in [1.82, 2.24) is 0 Å². The predicted octanol–water partition coefficient (Wildman–Crippen LogP) is 3.56. The first-order valence-electron chi connectivity index (χ1n) is 6.78. The minimum atomic E-state index is 0.0854. The Bertz CT molecular complexity index is 444. The van der Waals surface area contributed by atoms with Gasteiger partial charge in [-0.25, -0.2) is 0 Å². The van der Waals surface area contributed by atoms with Crippen molar-refractivity contribution in [3.05, 3.63) is 35.9 Å². The van der Waals surface area contributed by atoms with Crippen LogP contribution < -0.4 is 5.73 Å². The second-order valence-electron chi connectivity index (χ2n) is 6.34. The van der Waals surface area contributed by atoms with Crippen molar-refractivity contribution in [1.29, 1.82) is 0 Å². The van der Waals surface area contributed by atoms with E-state index in [0.29, 0.717) is 11.8 Å². The fourth-order valence-electron chi connectivity index (χ4n) is 2.36.